The van der Waals surface area contributed by atoms with Crippen molar-refractivity contribution in [2.75, 3.05) is 6.54 Å². The SMILES string of the molecule is CCCCCCC(=O)NCC(N)C(CC)CC. The van der Waals surface area contributed by atoms with Gasteiger partial charge in [-0.2, -0.15) is 0 Å². The van der Waals surface area contributed by atoms with E-state index in [2.05, 4.69) is 26.1 Å². The monoisotopic (exact) mass is 242 g/mol. The third kappa shape index (κ3) is 8.19. The second-order valence-corrected chi connectivity index (χ2v) is 4.86. The summed E-state index contributed by atoms with van der Waals surface area (Å²) < 4.78 is 0. The van der Waals surface area contributed by atoms with E-state index in [0.29, 0.717) is 18.9 Å². The predicted octanol–water partition coefficient (Wildman–Crippen LogP) is 2.84. The molecule has 1 atom stereocenters. The molecule has 17 heavy (non-hydrogen) atoms. The van der Waals surface area contributed by atoms with E-state index >= 15 is 0 Å². The summed E-state index contributed by atoms with van der Waals surface area (Å²) in [7, 11) is 0. The lowest BCUT2D eigenvalue weighted by Gasteiger charge is -2.21. The normalized spacial score (nSPS) is 12.8. The Morgan fingerprint density at radius 2 is 1.76 bits per heavy atom. The van der Waals surface area contributed by atoms with Gasteiger partial charge in [-0.3, -0.25) is 4.79 Å². The highest BCUT2D eigenvalue weighted by molar-refractivity contribution is 5.75. The van der Waals surface area contributed by atoms with Crippen LogP contribution in [-0.2, 0) is 4.79 Å². The predicted molar refractivity (Wildman–Crippen MR) is 73.8 cm³/mol. The molecule has 0 heterocycles. The van der Waals surface area contributed by atoms with Crippen LogP contribution in [0.5, 0.6) is 0 Å². The molecule has 0 spiro atoms. The van der Waals surface area contributed by atoms with Gasteiger partial charge < -0.3 is 11.1 Å². The van der Waals surface area contributed by atoms with E-state index in [9.17, 15) is 4.79 Å². The quantitative estimate of drug-likeness (QED) is 0.579. The number of carbonyl (C=O) groups excluding carboxylic acids is 1. The van der Waals surface area contributed by atoms with Gasteiger partial charge in [0.15, 0.2) is 0 Å². The van der Waals surface area contributed by atoms with E-state index in [0.717, 1.165) is 25.7 Å². The van der Waals surface area contributed by atoms with Crippen LogP contribution < -0.4 is 11.1 Å². The molecule has 102 valence electrons. The highest BCUT2D eigenvalue weighted by Crippen LogP contribution is 2.10. The van der Waals surface area contributed by atoms with E-state index in [4.69, 9.17) is 5.73 Å². The smallest absolute Gasteiger partial charge is 0.220 e. The summed E-state index contributed by atoms with van der Waals surface area (Å²) in [4.78, 5) is 11.5. The summed E-state index contributed by atoms with van der Waals surface area (Å²) >= 11 is 0. The Labute approximate surface area is 107 Å². The first-order valence-electron chi connectivity index (χ1n) is 7.17. The van der Waals surface area contributed by atoms with Gasteiger partial charge in [0.1, 0.15) is 0 Å². The lowest BCUT2D eigenvalue weighted by atomic mass is 9.95. The maximum absolute atomic E-state index is 11.5. The number of hydrogen-bond donors (Lipinski definition) is 2. The summed E-state index contributed by atoms with van der Waals surface area (Å²) in [5.41, 5.74) is 6.05. The van der Waals surface area contributed by atoms with Crippen molar-refractivity contribution in [3.05, 3.63) is 0 Å². The van der Waals surface area contributed by atoms with Crippen LogP contribution in [0.1, 0.15) is 65.7 Å². The number of rotatable bonds is 10. The van der Waals surface area contributed by atoms with Crippen molar-refractivity contribution in [2.45, 2.75) is 71.8 Å². The number of hydrogen-bond acceptors (Lipinski definition) is 2. The molecule has 1 amide bonds. The number of unbranched alkanes of at least 4 members (excludes halogenated alkanes) is 3. The zero-order chi connectivity index (χ0) is 13.1. The Morgan fingerprint density at radius 1 is 1.12 bits per heavy atom. The van der Waals surface area contributed by atoms with Crippen LogP contribution in [0.25, 0.3) is 0 Å². The molecule has 0 saturated heterocycles. The van der Waals surface area contributed by atoms with Gasteiger partial charge in [0.2, 0.25) is 5.91 Å². The minimum Gasteiger partial charge on any atom is -0.355 e. The van der Waals surface area contributed by atoms with Crippen LogP contribution >= 0.6 is 0 Å². The molecule has 0 saturated carbocycles. The van der Waals surface area contributed by atoms with E-state index in [1.165, 1.54) is 12.8 Å². The Hall–Kier alpha value is -0.570. The molecule has 0 aliphatic carbocycles. The van der Waals surface area contributed by atoms with Gasteiger partial charge in [-0.15, -0.1) is 0 Å². The minimum absolute atomic E-state index is 0.101. The van der Waals surface area contributed by atoms with Crippen molar-refractivity contribution in [3.8, 4) is 0 Å². The molecule has 0 aliphatic heterocycles. The maximum atomic E-state index is 11.5. The van der Waals surface area contributed by atoms with Crippen molar-refractivity contribution in [1.82, 2.24) is 5.32 Å². The largest absolute Gasteiger partial charge is 0.355 e. The van der Waals surface area contributed by atoms with Gasteiger partial charge in [-0.25, -0.2) is 0 Å². The fourth-order valence-electron chi connectivity index (χ4n) is 2.09. The Kier molecular flexibility index (Phi) is 10.2. The second kappa shape index (κ2) is 10.6. The molecule has 1 unspecified atom stereocenters. The second-order valence-electron chi connectivity index (χ2n) is 4.86. The zero-order valence-corrected chi connectivity index (χ0v) is 11.8. The lowest BCUT2D eigenvalue weighted by molar-refractivity contribution is -0.121. The molecule has 0 bridgehead atoms. The van der Waals surface area contributed by atoms with E-state index in [1.54, 1.807) is 0 Å². The molecule has 0 rings (SSSR count). The Balaban J connectivity index is 3.61. The van der Waals surface area contributed by atoms with Gasteiger partial charge in [0.25, 0.3) is 0 Å². The fraction of sp³-hybridized carbons (Fsp3) is 0.929. The number of nitrogens with two attached hydrogens (primary N) is 1. The molecular weight excluding hydrogens is 212 g/mol. The standard InChI is InChI=1S/C14H30N2O/c1-4-7-8-9-10-14(17)16-11-13(15)12(5-2)6-3/h12-13H,4-11,15H2,1-3H3,(H,16,17). The van der Waals surface area contributed by atoms with Crippen LogP contribution in [0.2, 0.25) is 0 Å². The van der Waals surface area contributed by atoms with Crippen LogP contribution in [0.15, 0.2) is 0 Å². The Morgan fingerprint density at radius 3 is 2.29 bits per heavy atom. The summed E-state index contributed by atoms with van der Waals surface area (Å²) in [6, 6.07) is 0.101. The first kappa shape index (κ1) is 16.4. The van der Waals surface area contributed by atoms with Crippen molar-refractivity contribution in [3.63, 3.8) is 0 Å². The average molecular weight is 242 g/mol. The van der Waals surface area contributed by atoms with Gasteiger partial charge >= 0.3 is 0 Å². The highest BCUT2D eigenvalue weighted by Gasteiger charge is 2.14. The first-order chi connectivity index (χ1) is 8.15. The highest BCUT2D eigenvalue weighted by atomic mass is 16.1. The molecule has 0 aliphatic rings. The minimum atomic E-state index is 0.101. The number of nitrogens with one attached hydrogen (secondary N) is 1. The molecular formula is C14H30N2O. The topological polar surface area (TPSA) is 55.1 Å². The number of carbonyl (C=O) groups is 1. The first-order valence-corrected chi connectivity index (χ1v) is 7.17. The van der Waals surface area contributed by atoms with Gasteiger partial charge in [0, 0.05) is 19.0 Å². The third-order valence-electron chi connectivity index (χ3n) is 3.45. The molecule has 3 heteroatoms. The summed E-state index contributed by atoms with van der Waals surface area (Å²) in [5.74, 6) is 0.679. The van der Waals surface area contributed by atoms with Gasteiger partial charge in [-0.1, -0.05) is 52.9 Å². The summed E-state index contributed by atoms with van der Waals surface area (Å²) in [6.07, 6.45) is 7.41. The van der Waals surface area contributed by atoms with Gasteiger partial charge in [0.05, 0.1) is 0 Å². The van der Waals surface area contributed by atoms with Crippen molar-refractivity contribution >= 4 is 5.91 Å². The fourth-order valence-corrected chi connectivity index (χ4v) is 2.09. The zero-order valence-electron chi connectivity index (χ0n) is 11.8. The van der Waals surface area contributed by atoms with Gasteiger partial charge in [-0.05, 0) is 12.3 Å². The number of amides is 1. The van der Waals surface area contributed by atoms with Crippen LogP contribution in [0, 0.1) is 5.92 Å². The maximum Gasteiger partial charge on any atom is 0.220 e. The molecule has 3 nitrogen and oxygen atoms in total. The lowest BCUT2D eigenvalue weighted by Crippen LogP contribution is -2.41. The van der Waals surface area contributed by atoms with Crippen LogP contribution in [-0.4, -0.2) is 18.5 Å². The van der Waals surface area contributed by atoms with Crippen LogP contribution in [0.4, 0.5) is 0 Å². The molecule has 0 fully saturated rings. The molecule has 3 N–H and O–H groups in total. The van der Waals surface area contributed by atoms with E-state index < -0.39 is 0 Å². The van der Waals surface area contributed by atoms with E-state index in [1.807, 2.05) is 0 Å². The average Bonchev–Trinajstić information content (AvgIpc) is 2.33. The third-order valence-corrected chi connectivity index (χ3v) is 3.45. The Bertz CT molecular complexity index is 191. The van der Waals surface area contributed by atoms with Crippen LogP contribution in [0.3, 0.4) is 0 Å². The van der Waals surface area contributed by atoms with E-state index in [-0.39, 0.29) is 11.9 Å². The van der Waals surface area contributed by atoms with Crippen molar-refractivity contribution < 1.29 is 4.79 Å². The van der Waals surface area contributed by atoms with Crippen molar-refractivity contribution in [2.24, 2.45) is 11.7 Å². The molecule has 0 radical (unpaired) electrons. The summed E-state index contributed by atoms with van der Waals surface area (Å²) in [6.45, 7) is 7.11. The van der Waals surface area contributed by atoms with Crippen molar-refractivity contribution in [1.29, 1.82) is 0 Å². The molecule has 0 aromatic heterocycles. The molecule has 0 aromatic carbocycles. The molecule has 0 aromatic rings. The summed E-state index contributed by atoms with van der Waals surface area (Å²) in [5, 5.41) is 2.94.